The van der Waals surface area contributed by atoms with Crippen LogP contribution in [0.15, 0.2) is 18.2 Å². The van der Waals surface area contributed by atoms with E-state index >= 15 is 0 Å². The van der Waals surface area contributed by atoms with Crippen LogP contribution in [0.1, 0.15) is 0 Å². The molecule has 0 spiro atoms. The summed E-state index contributed by atoms with van der Waals surface area (Å²) in [6.45, 7) is 0. The van der Waals surface area contributed by atoms with Gasteiger partial charge in [-0.3, -0.25) is 0 Å². The van der Waals surface area contributed by atoms with Gasteiger partial charge in [0.05, 0.1) is 7.11 Å². The molecule has 1 aromatic rings. The van der Waals surface area contributed by atoms with Crippen LogP contribution in [0.5, 0.6) is 17.2 Å². The highest BCUT2D eigenvalue weighted by atomic mass is 19.4. The first-order chi connectivity index (χ1) is 7.44. The summed E-state index contributed by atoms with van der Waals surface area (Å²) in [6.07, 6.45) is -4.79. The van der Waals surface area contributed by atoms with Gasteiger partial charge >= 0.3 is 14.0 Å². The number of methoxy groups -OCH3 is 1. The van der Waals surface area contributed by atoms with Crippen molar-refractivity contribution < 1.29 is 32.3 Å². The number of hydrogen-bond acceptors (Lipinski definition) is 4. The van der Waals surface area contributed by atoms with Crippen LogP contribution in [-0.2, 0) is 0 Å². The minimum absolute atomic E-state index is 0.0149. The molecular weight excluding hydrogens is 228 g/mol. The minimum Gasteiger partial charge on any atom is -0.539 e. The zero-order valence-electron chi connectivity index (χ0n) is 8.25. The molecule has 4 nitrogen and oxygen atoms in total. The van der Waals surface area contributed by atoms with Crippen molar-refractivity contribution in [2.75, 3.05) is 7.11 Å². The Hall–Kier alpha value is -1.57. The summed E-state index contributed by atoms with van der Waals surface area (Å²) in [5, 5.41) is 8.48. The van der Waals surface area contributed by atoms with E-state index in [1.807, 2.05) is 0 Å². The Morgan fingerprint density at radius 3 is 2.19 bits per heavy atom. The van der Waals surface area contributed by atoms with E-state index in [9.17, 15) is 13.2 Å². The summed E-state index contributed by atoms with van der Waals surface area (Å²) < 4.78 is 48.9. The lowest BCUT2D eigenvalue weighted by molar-refractivity contribution is -0.274. The van der Waals surface area contributed by atoms with Gasteiger partial charge in [-0.1, -0.05) is 0 Å². The van der Waals surface area contributed by atoms with Crippen molar-refractivity contribution in [1.29, 1.82) is 0 Å². The average Bonchev–Trinajstić information content (AvgIpc) is 2.15. The lowest BCUT2D eigenvalue weighted by Gasteiger charge is -2.12. The number of rotatable bonds is 4. The second-order valence-electron chi connectivity index (χ2n) is 2.67. The summed E-state index contributed by atoms with van der Waals surface area (Å²) in [5.74, 6) is -0.332. The van der Waals surface area contributed by atoms with Gasteiger partial charge in [-0.25, -0.2) is 0 Å². The third kappa shape index (κ3) is 3.89. The Morgan fingerprint density at radius 2 is 1.69 bits per heavy atom. The van der Waals surface area contributed by atoms with E-state index in [0.717, 1.165) is 12.1 Å². The third-order valence-corrected chi connectivity index (χ3v) is 1.55. The monoisotopic (exact) mass is 236 g/mol. The SMILES string of the molecule is COc1cc(OBO)cc(OC(F)(F)F)c1. The topological polar surface area (TPSA) is 47.9 Å². The van der Waals surface area contributed by atoms with E-state index in [2.05, 4.69) is 9.39 Å². The van der Waals surface area contributed by atoms with E-state index in [1.165, 1.54) is 13.2 Å². The molecule has 0 aliphatic rings. The summed E-state index contributed by atoms with van der Waals surface area (Å²) in [7, 11) is 0.633. The smallest absolute Gasteiger partial charge is 0.539 e. The van der Waals surface area contributed by atoms with Gasteiger partial charge in [0.15, 0.2) is 0 Å². The number of alkyl halides is 3. The van der Waals surface area contributed by atoms with Gasteiger partial charge in [0.25, 0.3) is 0 Å². The highest BCUT2D eigenvalue weighted by molar-refractivity contribution is 6.17. The van der Waals surface area contributed by atoms with Gasteiger partial charge in [0.2, 0.25) is 0 Å². The van der Waals surface area contributed by atoms with E-state index in [0.29, 0.717) is 0 Å². The Kier molecular flexibility index (Phi) is 3.89. The zero-order chi connectivity index (χ0) is 12.2. The first-order valence-electron chi connectivity index (χ1n) is 4.13. The fourth-order valence-corrected chi connectivity index (χ4v) is 1.01. The molecule has 0 saturated heterocycles. The molecule has 0 radical (unpaired) electrons. The fourth-order valence-electron chi connectivity index (χ4n) is 1.01. The Morgan fingerprint density at radius 1 is 1.12 bits per heavy atom. The average molecular weight is 236 g/mol. The molecule has 1 N–H and O–H groups in total. The summed E-state index contributed by atoms with van der Waals surface area (Å²) in [4.78, 5) is 0. The number of hydrogen-bond donors (Lipinski definition) is 1. The van der Waals surface area contributed by atoms with Crippen LogP contribution in [-0.4, -0.2) is 26.2 Å². The third-order valence-electron chi connectivity index (χ3n) is 1.55. The second kappa shape index (κ2) is 4.97. The molecule has 0 bridgehead atoms. The lowest BCUT2D eigenvalue weighted by Crippen LogP contribution is -2.17. The van der Waals surface area contributed by atoms with Crippen molar-refractivity contribution in [2.24, 2.45) is 0 Å². The van der Waals surface area contributed by atoms with Crippen molar-refractivity contribution in [3.05, 3.63) is 18.2 Å². The van der Waals surface area contributed by atoms with E-state index in [1.54, 1.807) is 0 Å². The van der Waals surface area contributed by atoms with Crippen LogP contribution in [0, 0.1) is 0 Å². The molecule has 0 atom stereocenters. The number of ether oxygens (including phenoxy) is 2. The summed E-state index contributed by atoms with van der Waals surface area (Å²) in [5.41, 5.74) is 0. The summed E-state index contributed by atoms with van der Waals surface area (Å²) in [6, 6.07) is 3.36. The molecule has 0 unspecified atom stereocenters. The van der Waals surface area contributed by atoms with Crippen molar-refractivity contribution in [1.82, 2.24) is 0 Å². The largest absolute Gasteiger partial charge is 0.573 e. The molecule has 88 valence electrons. The van der Waals surface area contributed by atoms with Crippen molar-refractivity contribution in [3.63, 3.8) is 0 Å². The van der Waals surface area contributed by atoms with Crippen LogP contribution in [0.25, 0.3) is 0 Å². The van der Waals surface area contributed by atoms with Crippen molar-refractivity contribution in [2.45, 2.75) is 6.36 Å². The molecule has 0 amide bonds. The second-order valence-corrected chi connectivity index (χ2v) is 2.67. The standard InChI is InChI=1S/C8H8BF3O4/c1-14-5-2-6(15-8(10,11)12)4-7(3-5)16-9-13/h2-4,9,13H,1H3. The van der Waals surface area contributed by atoms with Gasteiger partial charge < -0.3 is 19.2 Å². The quantitative estimate of drug-likeness (QED) is 0.798. The number of halogens is 3. The molecule has 0 aliphatic carbocycles. The van der Waals surface area contributed by atoms with Crippen LogP contribution >= 0.6 is 0 Å². The minimum atomic E-state index is -4.79. The normalized spacial score (nSPS) is 10.8. The predicted octanol–water partition coefficient (Wildman–Crippen LogP) is 1.23. The van der Waals surface area contributed by atoms with Crippen LogP contribution < -0.4 is 14.1 Å². The van der Waals surface area contributed by atoms with Gasteiger partial charge in [0.1, 0.15) is 17.2 Å². The maximum absolute atomic E-state index is 11.9. The number of benzene rings is 1. The van der Waals surface area contributed by atoms with Gasteiger partial charge in [-0.2, -0.15) is 0 Å². The Labute approximate surface area is 89.8 Å². The molecule has 1 aromatic carbocycles. The highest BCUT2D eigenvalue weighted by Crippen LogP contribution is 2.31. The van der Waals surface area contributed by atoms with Crippen LogP contribution in [0.3, 0.4) is 0 Å². The van der Waals surface area contributed by atoms with E-state index in [-0.39, 0.29) is 11.5 Å². The van der Waals surface area contributed by atoms with Crippen molar-refractivity contribution >= 4 is 7.69 Å². The molecule has 0 aliphatic heterocycles. The van der Waals surface area contributed by atoms with Crippen molar-refractivity contribution in [3.8, 4) is 17.2 Å². The maximum Gasteiger partial charge on any atom is 0.573 e. The van der Waals surface area contributed by atoms with Gasteiger partial charge in [0, 0.05) is 18.2 Å². The van der Waals surface area contributed by atoms with Crippen LogP contribution in [0.2, 0.25) is 0 Å². The molecule has 16 heavy (non-hydrogen) atoms. The molecule has 0 aromatic heterocycles. The molecule has 0 saturated carbocycles. The maximum atomic E-state index is 11.9. The van der Waals surface area contributed by atoms with E-state index in [4.69, 9.17) is 9.76 Å². The van der Waals surface area contributed by atoms with Gasteiger partial charge in [-0.15, -0.1) is 13.2 Å². The molecule has 0 fully saturated rings. The van der Waals surface area contributed by atoms with Gasteiger partial charge in [-0.05, 0) is 0 Å². The zero-order valence-corrected chi connectivity index (χ0v) is 8.25. The lowest BCUT2D eigenvalue weighted by atomic mass is 10.3. The Bertz CT molecular complexity index is 356. The summed E-state index contributed by atoms with van der Waals surface area (Å²) >= 11 is 0. The first kappa shape index (κ1) is 12.5. The molecule has 0 heterocycles. The van der Waals surface area contributed by atoms with Crippen LogP contribution in [0.4, 0.5) is 13.2 Å². The highest BCUT2D eigenvalue weighted by Gasteiger charge is 2.31. The molecule has 1 rings (SSSR count). The Balaban J connectivity index is 2.95. The fraction of sp³-hybridized carbons (Fsp3) is 0.250. The molecule has 8 heteroatoms. The first-order valence-corrected chi connectivity index (χ1v) is 4.13. The predicted molar refractivity (Wildman–Crippen MR) is 49.7 cm³/mol. The van der Waals surface area contributed by atoms with E-state index < -0.39 is 19.8 Å². The molecular formula is C8H8BF3O4.